The summed E-state index contributed by atoms with van der Waals surface area (Å²) in [5.74, 6) is -1.05. The Bertz CT molecular complexity index is 1450. The van der Waals surface area contributed by atoms with Gasteiger partial charge in [0, 0.05) is 75.5 Å². The molecule has 0 aromatic heterocycles. The number of likely N-dealkylation sites (N-methyl/N-ethyl adjacent to an activating group) is 1. The number of ether oxygens (including phenoxy) is 4. The molecule has 60 heavy (non-hydrogen) atoms. The van der Waals surface area contributed by atoms with Gasteiger partial charge in [0.15, 0.2) is 5.96 Å². The summed E-state index contributed by atoms with van der Waals surface area (Å²) in [4.78, 5) is 68.3. The summed E-state index contributed by atoms with van der Waals surface area (Å²) in [5.41, 5.74) is 6.34. The number of benzene rings is 1. The lowest BCUT2D eigenvalue weighted by molar-refractivity contribution is -0.146. The number of nitrogens with zero attached hydrogens (tertiary/aromatic N) is 5. The van der Waals surface area contributed by atoms with Gasteiger partial charge in [0.05, 0.1) is 63.1 Å². The van der Waals surface area contributed by atoms with Crippen LogP contribution in [-0.2, 0) is 44.5 Å². The number of amides is 4. The SMILES string of the molecule is CC[C@H](C)[C@@H]([C@@H](CC(=O)N1CCC[C@H]1[C@H](OC)[C@@H](C)C(=O)N[C@@H](Cc1ccccc1)C(=O)NCCOCCOCCN)OC)N(C)C(=O)[C@@H](N=C(N(C)C)N(C)C)C(C)C. The molecule has 1 aromatic rings. The van der Waals surface area contributed by atoms with Crippen LogP contribution in [0.5, 0.6) is 0 Å². The van der Waals surface area contributed by atoms with Crippen molar-refractivity contribution < 1.29 is 38.1 Å². The molecular weight excluding hydrogens is 769 g/mol. The number of nitrogens with one attached hydrogen (secondary N) is 2. The van der Waals surface area contributed by atoms with E-state index in [9.17, 15) is 19.2 Å². The number of carbonyl (C=O) groups is 4. The summed E-state index contributed by atoms with van der Waals surface area (Å²) >= 11 is 0. The van der Waals surface area contributed by atoms with E-state index in [-0.39, 0.29) is 67.5 Å². The fourth-order valence-electron chi connectivity index (χ4n) is 7.90. The highest BCUT2D eigenvalue weighted by atomic mass is 16.5. The molecule has 0 aliphatic carbocycles. The molecule has 1 aliphatic rings. The van der Waals surface area contributed by atoms with Gasteiger partial charge in [-0.05, 0) is 30.2 Å². The normalized spacial score (nSPS) is 17.5. The lowest BCUT2D eigenvalue weighted by Gasteiger charge is -2.40. The molecule has 16 heteroatoms. The molecule has 0 spiro atoms. The van der Waals surface area contributed by atoms with Crippen molar-refractivity contribution >= 4 is 29.6 Å². The van der Waals surface area contributed by atoms with Crippen molar-refractivity contribution in [2.45, 2.75) is 103 Å². The first-order chi connectivity index (χ1) is 28.5. The molecule has 1 saturated heterocycles. The van der Waals surface area contributed by atoms with Crippen LogP contribution in [0, 0.1) is 17.8 Å². The second kappa shape index (κ2) is 27.2. The molecule has 1 heterocycles. The predicted molar refractivity (Wildman–Crippen MR) is 235 cm³/mol. The fraction of sp³-hybridized carbons (Fsp3) is 0.750. The second-order valence-corrected chi connectivity index (χ2v) is 16.6. The third-order valence-electron chi connectivity index (χ3n) is 11.3. The van der Waals surface area contributed by atoms with Crippen molar-refractivity contribution in [3.8, 4) is 0 Å². The van der Waals surface area contributed by atoms with E-state index in [1.54, 1.807) is 38.0 Å². The maximum Gasteiger partial charge on any atom is 0.247 e. The van der Waals surface area contributed by atoms with Gasteiger partial charge in [-0.25, -0.2) is 4.99 Å². The molecule has 342 valence electrons. The van der Waals surface area contributed by atoms with E-state index < -0.39 is 36.3 Å². The molecule has 1 aliphatic heterocycles. The van der Waals surface area contributed by atoms with Gasteiger partial charge in [-0.3, -0.25) is 19.2 Å². The number of rotatable bonds is 26. The Morgan fingerprint density at radius 3 is 2.08 bits per heavy atom. The van der Waals surface area contributed by atoms with E-state index >= 15 is 0 Å². The second-order valence-electron chi connectivity index (χ2n) is 16.6. The average Bonchev–Trinajstić information content (AvgIpc) is 3.71. The van der Waals surface area contributed by atoms with Crippen LogP contribution in [0.4, 0.5) is 0 Å². The summed E-state index contributed by atoms with van der Waals surface area (Å²) in [6.45, 7) is 12.6. The number of guanidine groups is 1. The Labute approximate surface area is 360 Å². The van der Waals surface area contributed by atoms with Crippen LogP contribution in [0.3, 0.4) is 0 Å². The molecule has 4 N–H and O–H groups in total. The van der Waals surface area contributed by atoms with Crippen molar-refractivity contribution in [2.75, 3.05) is 95.5 Å². The van der Waals surface area contributed by atoms with Crippen LogP contribution in [0.15, 0.2) is 35.3 Å². The van der Waals surface area contributed by atoms with Gasteiger partial charge in [0.25, 0.3) is 0 Å². The van der Waals surface area contributed by atoms with Crippen LogP contribution in [0.1, 0.15) is 65.9 Å². The van der Waals surface area contributed by atoms with Crippen molar-refractivity contribution in [3.05, 3.63) is 35.9 Å². The van der Waals surface area contributed by atoms with Gasteiger partial charge in [-0.15, -0.1) is 0 Å². The van der Waals surface area contributed by atoms with Crippen LogP contribution >= 0.6 is 0 Å². The summed E-state index contributed by atoms with van der Waals surface area (Å²) < 4.78 is 23.0. The Morgan fingerprint density at radius 1 is 0.900 bits per heavy atom. The molecular formula is C44H78N8O8. The number of carbonyl (C=O) groups excluding carboxylic acids is 4. The highest BCUT2D eigenvalue weighted by Crippen LogP contribution is 2.30. The lowest BCUT2D eigenvalue weighted by Crippen LogP contribution is -2.55. The van der Waals surface area contributed by atoms with Crippen molar-refractivity contribution in [1.82, 2.24) is 30.2 Å². The van der Waals surface area contributed by atoms with E-state index in [2.05, 4.69) is 24.5 Å². The van der Waals surface area contributed by atoms with Crippen LogP contribution < -0.4 is 16.4 Å². The van der Waals surface area contributed by atoms with Gasteiger partial charge >= 0.3 is 0 Å². The van der Waals surface area contributed by atoms with Crippen LogP contribution in [0.25, 0.3) is 0 Å². The topological polar surface area (TPSA) is 181 Å². The molecule has 0 saturated carbocycles. The maximum absolute atomic E-state index is 14.3. The van der Waals surface area contributed by atoms with Gasteiger partial charge in [0.2, 0.25) is 23.6 Å². The van der Waals surface area contributed by atoms with E-state index in [4.69, 9.17) is 29.7 Å². The monoisotopic (exact) mass is 847 g/mol. The minimum Gasteiger partial charge on any atom is -0.379 e. The number of methoxy groups -OCH3 is 2. The first kappa shape index (κ1) is 52.3. The zero-order chi connectivity index (χ0) is 44.9. The first-order valence-electron chi connectivity index (χ1n) is 21.6. The van der Waals surface area contributed by atoms with Crippen molar-refractivity contribution in [3.63, 3.8) is 0 Å². The molecule has 16 nitrogen and oxygen atoms in total. The number of aliphatic imine (C=N–C) groups is 1. The highest BCUT2D eigenvalue weighted by molar-refractivity contribution is 5.89. The van der Waals surface area contributed by atoms with E-state index in [0.717, 1.165) is 18.4 Å². The average molecular weight is 847 g/mol. The molecule has 8 atom stereocenters. The molecule has 1 fully saturated rings. The molecule has 1 aromatic carbocycles. The smallest absolute Gasteiger partial charge is 0.247 e. The van der Waals surface area contributed by atoms with Crippen LogP contribution in [0.2, 0.25) is 0 Å². The summed E-state index contributed by atoms with van der Waals surface area (Å²) in [7, 11) is 12.5. The van der Waals surface area contributed by atoms with Crippen LogP contribution in [-0.4, -0.2) is 181 Å². The Balaban J connectivity index is 2.25. The third kappa shape index (κ3) is 15.9. The van der Waals surface area contributed by atoms with Crippen molar-refractivity contribution in [1.29, 1.82) is 0 Å². The largest absolute Gasteiger partial charge is 0.379 e. The quantitative estimate of drug-likeness (QED) is 0.0708. The number of hydrogen-bond donors (Lipinski definition) is 3. The number of likely N-dealkylation sites (tertiary alicyclic amines) is 1. The molecule has 0 bridgehead atoms. The van der Waals surface area contributed by atoms with Gasteiger partial charge in [-0.1, -0.05) is 71.4 Å². The summed E-state index contributed by atoms with van der Waals surface area (Å²) in [5, 5.41) is 5.87. The van der Waals surface area contributed by atoms with Gasteiger partial charge < -0.3 is 54.9 Å². The molecule has 0 unspecified atom stereocenters. The van der Waals surface area contributed by atoms with Gasteiger partial charge in [-0.2, -0.15) is 0 Å². The molecule has 4 amide bonds. The summed E-state index contributed by atoms with van der Waals surface area (Å²) in [6.07, 6.45) is 1.23. The molecule has 2 rings (SSSR count). The van der Waals surface area contributed by atoms with E-state index in [1.807, 2.05) is 82.2 Å². The maximum atomic E-state index is 14.3. The number of hydrogen-bond acceptors (Lipinski definition) is 10. The Morgan fingerprint density at radius 2 is 1.53 bits per heavy atom. The summed E-state index contributed by atoms with van der Waals surface area (Å²) in [6, 6.07) is 7.21. The fourth-order valence-corrected chi connectivity index (χ4v) is 7.90. The molecule has 0 radical (unpaired) electrons. The zero-order valence-electron chi connectivity index (χ0n) is 38.6. The van der Waals surface area contributed by atoms with E-state index in [1.165, 1.54) is 0 Å². The van der Waals surface area contributed by atoms with Crippen molar-refractivity contribution in [2.24, 2.45) is 28.5 Å². The predicted octanol–water partition coefficient (Wildman–Crippen LogP) is 2.25. The minimum atomic E-state index is -0.855. The van der Waals surface area contributed by atoms with E-state index in [0.29, 0.717) is 45.3 Å². The standard InChI is InChI=1S/C44H78N8O8/c1-13-31(4)39(51(10)43(56)38(30(2)3)48-44(49(6)7)50(8)9)36(57-11)29-37(53)52-23-17-20-35(52)40(58-12)32(5)41(54)47-34(28-33-18-15-14-16-19-33)42(55)46-22-25-60-27-26-59-24-21-45/h14-16,18-19,30-32,34-36,38-40H,13,17,20-29,45H2,1-12H3,(H,46,55)(H,47,54)/t31-,32+,34-,35-,36+,38-,39-,40+/m0/s1. The van der Waals surface area contributed by atoms with Gasteiger partial charge in [0.1, 0.15) is 12.1 Å². The Kier molecular flexibility index (Phi) is 23.7. The highest BCUT2D eigenvalue weighted by Gasteiger charge is 2.43. The first-order valence-corrected chi connectivity index (χ1v) is 21.6. The Hall–Kier alpha value is -3.83. The lowest BCUT2D eigenvalue weighted by atomic mass is 9.89. The minimum absolute atomic E-state index is 0.00935. The zero-order valence-corrected chi connectivity index (χ0v) is 38.6. The third-order valence-corrected chi connectivity index (χ3v) is 11.3. The number of nitrogens with two attached hydrogens (primary N) is 1.